The summed E-state index contributed by atoms with van der Waals surface area (Å²) in [5.41, 5.74) is 3.19. The van der Waals surface area contributed by atoms with Gasteiger partial charge in [0.2, 0.25) is 4.77 Å². The van der Waals surface area contributed by atoms with Crippen molar-refractivity contribution in [1.29, 1.82) is 0 Å². The van der Waals surface area contributed by atoms with Crippen molar-refractivity contribution in [3.8, 4) is 11.4 Å². The lowest BCUT2D eigenvalue weighted by Crippen LogP contribution is -2.10. The molecule has 138 valence electrons. The molecular weight excluding hydrogens is 360 g/mol. The molecule has 1 aromatic heterocycles. The second-order valence-corrected chi connectivity index (χ2v) is 7.55. The smallest absolute Gasteiger partial charge is 0.335 e. The van der Waals surface area contributed by atoms with Gasteiger partial charge in [-0.1, -0.05) is 57.2 Å². The normalized spacial score (nSPS) is 11.8. The molecule has 0 saturated heterocycles. The molecule has 2 aromatic carbocycles. The summed E-state index contributed by atoms with van der Waals surface area (Å²) in [4.78, 5) is 10.9. The maximum absolute atomic E-state index is 10.9. The predicted octanol–water partition coefficient (Wildman–Crippen LogP) is 4.49. The van der Waals surface area contributed by atoms with Crippen molar-refractivity contribution in [1.82, 2.24) is 14.9 Å². The molecule has 6 nitrogen and oxygen atoms in total. The van der Waals surface area contributed by atoms with Gasteiger partial charge in [0, 0.05) is 5.56 Å². The molecule has 0 bridgehead atoms. The zero-order chi connectivity index (χ0) is 19.6. The van der Waals surface area contributed by atoms with Crippen LogP contribution in [0.5, 0.6) is 0 Å². The van der Waals surface area contributed by atoms with Gasteiger partial charge in [-0.3, -0.25) is 0 Å². The van der Waals surface area contributed by atoms with E-state index in [9.17, 15) is 4.79 Å². The average Bonchev–Trinajstić information content (AvgIpc) is 3.00. The van der Waals surface area contributed by atoms with Crippen LogP contribution < -0.4 is 0 Å². The summed E-state index contributed by atoms with van der Waals surface area (Å²) < 4.78 is 1.93. The molecule has 2 N–H and O–H groups in total. The number of carboxylic acids is 1. The zero-order valence-electron chi connectivity index (χ0n) is 15.3. The highest BCUT2D eigenvalue weighted by atomic mass is 32.1. The Morgan fingerprint density at radius 2 is 1.78 bits per heavy atom. The number of aromatic amines is 1. The number of nitrogens with zero attached hydrogens (tertiary/aromatic N) is 3. The Morgan fingerprint density at radius 1 is 1.15 bits per heavy atom. The van der Waals surface area contributed by atoms with Crippen LogP contribution in [0.4, 0.5) is 0 Å². The first-order valence-corrected chi connectivity index (χ1v) is 8.82. The van der Waals surface area contributed by atoms with E-state index in [0.717, 1.165) is 11.1 Å². The van der Waals surface area contributed by atoms with Gasteiger partial charge in [-0.15, -0.1) is 0 Å². The average molecular weight is 380 g/mol. The summed E-state index contributed by atoms with van der Waals surface area (Å²) >= 11 is 5.28. The molecule has 3 aromatic rings. The Morgan fingerprint density at radius 3 is 2.33 bits per heavy atom. The number of aromatic carboxylic acids is 1. The van der Waals surface area contributed by atoms with Gasteiger partial charge in [-0.05, 0) is 40.9 Å². The van der Waals surface area contributed by atoms with Gasteiger partial charge in [-0.2, -0.15) is 14.9 Å². The van der Waals surface area contributed by atoms with Gasteiger partial charge in [0.05, 0.1) is 11.8 Å². The number of carbonyl (C=O) groups is 1. The van der Waals surface area contributed by atoms with Crippen LogP contribution in [-0.2, 0) is 5.41 Å². The summed E-state index contributed by atoms with van der Waals surface area (Å²) in [7, 11) is 0. The first-order valence-electron chi connectivity index (χ1n) is 8.42. The second kappa shape index (κ2) is 7.28. The summed E-state index contributed by atoms with van der Waals surface area (Å²) in [6.07, 6.45) is 1.62. The summed E-state index contributed by atoms with van der Waals surface area (Å²) in [5.74, 6) is -0.351. The van der Waals surface area contributed by atoms with E-state index in [-0.39, 0.29) is 11.0 Å². The van der Waals surface area contributed by atoms with E-state index in [1.807, 2.05) is 12.1 Å². The fourth-order valence-electron chi connectivity index (χ4n) is 2.54. The van der Waals surface area contributed by atoms with Crippen LogP contribution >= 0.6 is 12.2 Å². The number of H-pyrrole nitrogens is 1. The highest BCUT2D eigenvalue weighted by Gasteiger charge is 2.14. The van der Waals surface area contributed by atoms with Gasteiger partial charge >= 0.3 is 5.97 Å². The zero-order valence-corrected chi connectivity index (χ0v) is 16.1. The number of nitrogens with one attached hydrogen (secondary N) is 1. The van der Waals surface area contributed by atoms with Crippen LogP contribution in [0.15, 0.2) is 53.6 Å². The van der Waals surface area contributed by atoms with Crippen LogP contribution in [0.25, 0.3) is 11.4 Å². The van der Waals surface area contributed by atoms with Crippen LogP contribution in [0.2, 0.25) is 0 Å². The third-order valence-electron chi connectivity index (χ3n) is 4.14. The number of aromatic nitrogens is 3. The van der Waals surface area contributed by atoms with E-state index in [1.165, 1.54) is 17.7 Å². The fourth-order valence-corrected chi connectivity index (χ4v) is 2.72. The maximum Gasteiger partial charge on any atom is 0.335 e. The van der Waals surface area contributed by atoms with Gasteiger partial charge < -0.3 is 5.11 Å². The van der Waals surface area contributed by atoms with Gasteiger partial charge in [0.1, 0.15) is 0 Å². The molecule has 27 heavy (non-hydrogen) atoms. The van der Waals surface area contributed by atoms with Crippen molar-refractivity contribution < 1.29 is 9.90 Å². The molecule has 0 aliphatic carbocycles. The van der Waals surface area contributed by atoms with E-state index in [1.54, 1.807) is 23.0 Å². The third kappa shape index (κ3) is 4.20. The molecule has 0 atom stereocenters. The number of rotatable bonds is 4. The monoisotopic (exact) mass is 380 g/mol. The molecule has 0 aliphatic heterocycles. The number of carboxylic acid groups (broad SMARTS) is 1. The molecule has 0 unspecified atom stereocenters. The Balaban J connectivity index is 1.91. The Bertz CT molecular complexity index is 1040. The van der Waals surface area contributed by atoms with Crippen molar-refractivity contribution in [2.24, 2.45) is 5.10 Å². The summed E-state index contributed by atoms with van der Waals surface area (Å²) in [6.45, 7) is 6.49. The van der Waals surface area contributed by atoms with E-state index in [0.29, 0.717) is 10.6 Å². The van der Waals surface area contributed by atoms with Crippen LogP contribution in [0, 0.1) is 4.77 Å². The third-order valence-corrected chi connectivity index (χ3v) is 4.40. The standard InChI is InChI=1S/C20H20N4O2S/c1-20(2,3)16-10-8-14(9-11-16)17-22-23-19(27)24(17)21-12-13-4-6-15(7-5-13)18(25)26/h4-12H,1-3H3,(H,23,27)(H,25,26)/b21-12+. The number of benzene rings is 2. The van der Waals surface area contributed by atoms with Crippen molar-refractivity contribution >= 4 is 24.4 Å². The van der Waals surface area contributed by atoms with Crippen LogP contribution in [0.3, 0.4) is 0 Å². The number of hydrogen-bond donors (Lipinski definition) is 2. The Hall–Kier alpha value is -3.06. The highest BCUT2D eigenvalue weighted by Crippen LogP contribution is 2.25. The van der Waals surface area contributed by atoms with E-state index < -0.39 is 5.97 Å². The minimum atomic E-state index is -0.962. The second-order valence-electron chi connectivity index (χ2n) is 7.16. The van der Waals surface area contributed by atoms with Crippen molar-refractivity contribution in [3.63, 3.8) is 0 Å². The topological polar surface area (TPSA) is 83.3 Å². The van der Waals surface area contributed by atoms with Gasteiger partial charge in [-0.25, -0.2) is 9.89 Å². The van der Waals surface area contributed by atoms with Gasteiger partial charge in [0.25, 0.3) is 0 Å². The first-order chi connectivity index (χ1) is 12.8. The minimum Gasteiger partial charge on any atom is -0.478 e. The predicted molar refractivity (Wildman–Crippen MR) is 108 cm³/mol. The molecule has 0 aliphatic rings. The lowest BCUT2D eigenvalue weighted by molar-refractivity contribution is 0.0697. The molecule has 0 spiro atoms. The fraction of sp³-hybridized carbons (Fsp3) is 0.200. The Labute approximate surface area is 162 Å². The largest absolute Gasteiger partial charge is 0.478 e. The maximum atomic E-state index is 10.9. The highest BCUT2D eigenvalue weighted by molar-refractivity contribution is 7.71. The van der Waals surface area contributed by atoms with Crippen molar-refractivity contribution in [2.45, 2.75) is 26.2 Å². The molecule has 3 rings (SSSR count). The molecule has 1 heterocycles. The molecule has 0 saturated carbocycles. The van der Waals surface area contributed by atoms with Crippen molar-refractivity contribution in [3.05, 3.63) is 70.0 Å². The van der Waals surface area contributed by atoms with Crippen LogP contribution in [-0.4, -0.2) is 32.2 Å². The van der Waals surface area contributed by atoms with Gasteiger partial charge in [0.15, 0.2) is 5.82 Å². The van der Waals surface area contributed by atoms with E-state index in [2.05, 4.69) is 48.2 Å². The Kier molecular flexibility index (Phi) is 5.05. The summed E-state index contributed by atoms with van der Waals surface area (Å²) in [5, 5.41) is 20.4. The molecular formula is C20H20N4O2S. The lowest BCUT2D eigenvalue weighted by Gasteiger charge is -2.18. The number of hydrogen-bond acceptors (Lipinski definition) is 4. The molecule has 0 fully saturated rings. The molecule has 0 radical (unpaired) electrons. The SMILES string of the molecule is CC(C)(C)c1ccc(-c2n[nH]c(=S)n2/N=C/c2ccc(C(=O)O)cc2)cc1. The van der Waals surface area contributed by atoms with Crippen molar-refractivity contribution in [2.75, 3.05) is 0 Å². The first kappa shape index (κ1) is 18.7. The lowest BCUT2D eigenvalue weighted by atomic mass is 9.87. The van der Waals surface area contributed by atoms with Crippen LogP contribution in [0.1, 0.15) is 42.3 Å². The van der Waals surface area contributed by atoms with E-state index in [4.69, 9.17) is 17.3 Å². The quantitative estimate of drug-likeness (QED) is 0.516. The molecule has 0 amide bonds. The summed E-state index contributed by atoms with van der Waals surface area (Å²) in [6, 6.07) is 14.6. The van der Waals surface area contributed by atoms with E-state index >= 15 is 0 Å². The molecule has 7 heteroatoms. The minimum absolute atomic E-state index is 0.0729.